The van der Waals surface area contributed by atoms with Crippen LogP contribution in [0.1, 0.15) is 16.9 Å². The Hall–Kier alpha value is -1.98. The second-order valence-corrected chi connectivity index (χ2v) is 6.62. The van der Waals surface area contributed by atoms with E-state index in [0.29, 0.717) is 23.8 Å². The number of furan rings is 1. The zero-order valence-electron chi connectivity index (χ0n) is 14.0. The molecule has 0 saturated carbocycles. The minimum atomic E-state index is -0.0958. The predicted molar refractivity (Wildman–Crippen MR) is 95.5 cm³/mol. The van der Waals surface area contributed by atoms with Gasteiger partial charge in [-0.1, -0.05) is 17.7 Å². The molecule has 2 heterocycles. The Kier molecular flexibility index (Phi) is 5.11. The van der Waals surface area contributed by atoms with Gasteiger partial charge < -0.3 is 14.6 Å². The summed E-state index contributed by atoms with van der Waals surface area (Å²) in [6.45, 7) is 7.76. The number of carbonyl (C=O) groups excluding carboxylic acids is 1. The Morgan fingerprint density at radius 2 is 2.00 bits per heavy atom. The summed E-state index contributed by atoms with van der Waals surface area (Å²) >= 11 is 6.27. The fourth-order valence-electron chi connectivity index (χ4n) is 2.99. The van der Waals surface area contributed by atoms with Crippen LogP contribution in [0, 0.1) is 13.8 Å². The first-order valence-corrected chi connectivity index (χ1v) is 8.48. The number of carbonyl (C=O) groups is 1. The first kappa shape index (κ1) is 16.9. The van der Waals surface area contributed by atoms with Crippen molar-refractivity contribution in [3.05, 3.63) is 52.4 Å². The number of amides is 2. The lowest BCUT2D eigenvalue weighted by Gasteiger charge is -2.34. The van der Waals surface area contributed by atoms with E-state index in [1.807, 2.05) is 43.0 Å². The number of benzene rings is 1. The van der Waals surface area contributed by atoms with E-state index in [9.17, 15) is 4.79 Å². The summed E-state index contributed by atoms with van der Waals surface area (Å²) in [6.07, 6.45) is 1.69. The molecule has 1 aliphatic rings. The Bertz CT molecular complexity index is 684. The number of rotatable bonds is 3. The minimum Gasteiger partial charge on any atom is -0.468 e. The third-order valence-corrected chi connectivity index (χ3v) is 4.58. The van der Waals surface area contributed by atoms with Gasteiger partial charge in [0.25, 0.3) is 0 Å². The molecule has 1 aromatic heterocycles. The molecule has 0 unspecified atom stereocenters. The number of nitrogens with zero attached hydrogens (tertiary/aromatic N) is 2. The molecular weight excluding hydrogens is 326 g/mol. The predicted octanol–water partition coefficient (Wildman–Crippen LogP) is 3.90. The van der Waals surface area contributed by atoms with E-state index in [2.05, 4.69) is 10.2 Å². The second-order valence-electron chi connectivity index (χ2n) is 6.21. The van der Waals surface area contributed by atoms with Crippen LogP contribution in [0.4, 0.5) is 10.5 Å². The van der Waals surface area contributed by atoms with Gasteiger partial charge in [-0.2, -0.15) is 0 Å². The summed E-state index contributed by atoms with van der Waals surface area (Å²) in [5, 5.41) is 3.53. The molecule has 1 N–H and O–H groups in total. The molecular formula is C18H22ClN3O2. The van der Waals surface area contributed by atoms with Crippen molar-refractivity contribution in [2.45, 2.75) is 20.4 Å². The zero-order chi connectivity index (χ0) is 17.1. The number of urea groups is 1. The van der Waals surface area contributed by atoms with Crippen molar-refractivity contribution in [1.82, 2.24) is 9.80 Å². The quantitative estimate of drug-likeness (QED) is 0.916. The van der Waals surface area contributed by atoms with E-state index in [-0.39, 0.29) is 6.03 Å². The number of aryl methyl sites for hydroxylation is 2. The van der Waals surface area contributed by atoms with Gasteiger partial charge in [-0.25, -0.2) is 4.79 Å². The van der Waals surface area contributed by atoms with Crippen molar-refractivity contribution in [1.29, 1.82) is 0 Å². The highest BCUT2D eigenvalue weighted by Gasteiger charge is 2.22. The van der Waals surface area contributed by atoms with Gasteiger partial charge in [0.2, 0.25) is 0 Å². The molecule has 1 saturated heterocycles. The number of halogens is 1. The summed E-state index contributed by atoms with van der Waals surface area (Å²) in [6, 6.07) is 7.66. The van der Waals surface area contributed by atoms with Crippen LogP contribution >= 0.6 is 11.6 Å². The monoisotopic (exact) mass is 347 g/mol. The topological polar surface area (TPSA) is 48.7 Å². The van der Waals surface area contributed by atoms with Gasteiger partial charge in [-0.15, -0.1) is 0 Å². The summed E-state index contributed by atoms with van der Waals surface area (Å²) < 4.78 is 5.38. The normalized spacial score (nSPS) is 15.5. The van der Waals surface area contributed by atoms with Crippen LogP contribution in [0.15, 0.2) is 34.9 Å². The molecule has 6 heteroatoms. The molecule has 2 amide bonds. The molecule has 3 rings (SSSR count). The highest BCUT2D eigenvalue weighted by molar-refractivity contribution is 6.34. The van der Waals surface area contributed by atoms with Crippen LogP contribution in [0.5, 0.6) is 0 Å². The van der Waals surface area contributed by atoms with E-state index in [1.165, 1.54) is 0 Å². The summed E-state index contributed by atoms with van der Waals surface area (Å²) in [5.41, 5.74) is 2.76. The van der Waals surface area contributed by atoms with Crippen LogP contribution in [-0.2, 0) is 6.54 Å². The Balaban J connectivity index is 1.56. The highest BCUT2D eigenvalue weighted by atomic mass is 35.5. The van der Waals surface area contributed by atoms with Crippen LogP contribution in [0.25, 0.3) is 0 Å². The standard InChI is InChI=1S/C18H22ClN3O2/c1-13-10-14(2)17(16(19)11-13)20-18(23)22-7-5-21(6-8-22)12-15-4-3-9-24-15/h3-4,9-11H,5-8,12H2,1-2H3,(H,20,23). The maximum atomic E-state index is 12.5. The maximum absolute atomic E-state index is 12.5. The Labute approximate surface area is 147 Å². The second kappa shape index (κ2) is 7.28. The van der Waals surface area contributed by atoms with Crippen LogP contribution in [0.2, 0.25) is 5.02 Å². The van der Waals surface area contributed by atoms with Crippen LogP contribution in [-0.4, -0.2) is 42.0 Å². The third kappa shape index (κ3) is 3.91. The average Bonchev–Trinajstić information content (AvgIpc) is 3.04. The molecule has 1 aromatic carbocycles. The fourth-order valence-corrected chi connectivity index (χ4v) is 3.36. The molecule has 0 radical (unpaired) electrons. The summed E-state index contributed by atoms with van der Waals surface area (Å²) in [7, 11) is 0. The Morgan fingerprint density at radius 3 is 2.62 bits per heavy atom. The smallest absolute Gasteiger partial charge is 0.321 e. The third-order valence-electron chi connectivity index (χ3n) is 4.28. The number of anilines is 1. The minimum absolute atomic E-state index is 0.0958. The summed E-state index contributed by atoms with van der Waals surface area (Å²) in [5.74, 6) is 0.954. The van der Waals surface area contributed by atoms with E-state index in [1.54, 1.807) is 6.26 Å². The van der Waals surface area contributed by atoms with Crippen molar-refractivity contribution < 1.29 is 9.21 Å². The van der Waals surface area contributed by atoms with E-state index >= 15 is 0 Å². The van der Waals surface area contributed by atoms with Crippen molar-refractivity contribution in [2.75, 3.05) is 31.5 Å². The van der Waals surface area contributed by atoms with Crippen molar-refractivity contribution in [2.24, 2.45) is 0 Å². The molecule has 0 bridgehead atoms. The SMILES string of the molecule is Cc1cc(C)c(NC(=O)N2CCN(Cc3ccco3)CC2)c(Cl)c1. The van der Waals surface area contributed by atoms with Gasteiger partial charge in [0.15, 0.2) is 0 Å². The first-order chi connectivity index (χ1) is 11.5. The van der Waals surface area contributed by atoms with E-state index in [0.717, 1.165) is 36.5 Å². The van der Waals surface area contributed by atoms with Crippen LogP contribution in [0.3, 0.4) is 0 Å². The van der Waals surface area contributed by atoms with Crippen molar-refractivity contribution >= 4 is 23.3 Å². The Morgan fingerprint density at radius 1 is 1.25 bits per heavy atom. The van der Waals surface area contributed by atoms with Gasteiger partial charge in [0.05, 0.1) is 23.5 Å². The molecule has 0 spiro atoms. The van der Waals surface area contributed by atoms with Gasteiger partial charge in [0, 0.05) is 26.2 Å². The fraction of sp³-hybridized carbons (Fsp3) is 0.389. The highest BCUT2D eigenvalue weighted by Crippen LogP contribution is 2.27. The lowest BCUT2D eigenvalue weighted by atomic mass is 10.1. The maximum Gasteiger partial charge on any atom is 0.321 e. The van der Waals surface area contributed by atoms with E-state index < -0.39 is 0 Å². The number of hydrogen-bond acceptors (Lipinski definition) is 3. The first-order valence-electron chi connectivity index (χ1n) is 8.10. The molecule has 1 fully saturated rings. The molecule has 128 valence electrons. The molecule has 5 nitrogen and oxygen atoms in total. The molecule has 0 atom stereocenters. The van der Waals surface area contributed by atoms with E-state index in [4.69, 9.17) is 16.0 Å². The van der Waals surface area contributed by atoms with Gasteiger partial charge in [-0.05, 0) is 43.2 Å². The average molecular weight is 348 g/mol. The van der Waals surface area contributed by atoms with Crippen molar-refractivity contribution in [3.8, 4) is 0 Å². The van der Waals surface area contributed by atoms with Crippen LogP contribution < -0.4 is 5.32 Å². The lowest BCUT2D eigenvalue weighted by Crippen LogP contribution is -2.49. The zero-order valence-corrected chi connectivity index (χ0v) is 14.8. The summed E-state index contributed by atoms with van der Waals surface area (Å²) in [4.78, 5) is 16.6. The molecule has 2 aromatic rings. The van der Waals surface area contributed by atoms with Gasteiger partial charge in [-0.3, -0.25) is 4.90 Å². The molecule has 1 aliphatic heterocycles. The van der Waals surface area contributed by atoms with Gasteiger partial charge in [0.1, 0.15) is 5.76 Å². The number of nitrogens with one attached hydrogen (secondary N) is 1. The van der Waals surface area contributed by atoms with Gasteiger partial charge >= 0.3 is 6.03 Å². The molecule has 24 heavy (non-hydrogen) atoms. The lowest BCUT2D eigenvalue weighted by molar-refractivity contribution is 0.137. The largest absolute Gasteiger partial charge is 0.468 e. The van der Waals surface area contributed by atoms with Crippen molar-refractivity contribution in [3.63, 3.8) is 0 Å². The number of hydrogen-bond donors (Lipinski definition) is 1. The molecule has 0 aliphatic carbocycles. The number of piperazine rings is 1.